The highest BCUT2D eigenvalue weighted by molar-refractivity contribution is 4.93. The van der Waals surface area contributed by atoms with Gasteiger partial charge in [-0.1, -0.05) is 0 Å². The van der Waals surface area contributed by atoms with Crippen molar-refractivity contribution in [2.75, 3.05) is 69.6 Å². The van der Waals surface area contributed by atoms with E-state index in [4.69, 9.17) is 42.6 Å². The molecule has 1 fully saturated rings. The molecule has 180 valence electrons. The molecule has 1 saturated heterocycles. The quantitative estimate of drug-likeness (QED) is 0.318. The summed E-state index contributed by atoms with van der Waals surface area (Å²) in [6, 6.07) is 0. The van der Waals surface area contributed by atoms with Crippen molar-refractivity contribution in [3.05, 3.63) is 0 Å². The van der Waals surface area contributed by atoms with Gasteiger partial charge in [-0.05, 0) is 0 Å². The van der Waals surface area contributed by atoms with E-state index in [-0.39, 0.29) is 19.8 Å². The van der Waals surface area contributed by atoms with Gasteiger partial charge in [-0.3, -0.25) is 0 Å². The summed E-state index contributed by atoms with van der Waals surface area (Å²) < 4.78 is 49.7. The lowest BCUT2D eigenvalue weighted by Crippen LogP contribution is -2.61. The third-order valence-corrected chi connectivity index (χ3v) is 5.27. The molecule has 0 radical (unpaired) electrons. The van der Waals surface area contributed by atoms with Crippen molar-refractivity contribution in [1.29, 1.82) is 0 Å². The Balaban J connectivity index is 2.89. The van der Waals surface area contributed by atoms with Crippen molar-refractivity contribution in [2.45, 2.75) is 55.1 Å². The van der Waals surface area contributed by atoms with Gasteiger partial charge in [0.05, 0.1) is 19.8 Å². The molecule has 1 aliphatic rings. The molecule has 2 N–H and O–H groups in total. The third-order valence-electron chi connectivity index (χ3n) is 5.27. The maximum Gasteiger partial charge on any atom is 0.187 e. The predicted octanol–water partition coefficient (Wildman–Crippen LogP) is -1.18. The molecule has 30 heavy (non-hydrogen) atoms. The Kier molecular flexibility index (Phi) is 13.4. The molecule has 0 spiro atoms. The Morgan fingerprint density at radius 1 is 0.800 bits per heavy atom. The maximum absolute atomic E-state index is 10.7. The van der Waals surface area contributed by atoms with Crippen molar-refractivity contribution in [2.24, 2.45) is 0 Å². The van der Waals surface area contributed by atoms with Crippen LogP contribution in [0.25, 0.3) is 0 Å². The first-order valence-corrected chi connectivity index (χ1v) is 9.69. The topological polar surface area (TPSA) is 124 Å². The number of rotatable bonds is 15. The predicted molar refractivity (Wildman–Crippen MR) is 104 cm³/mol. The molecule has 9 atom stereocenters. The van der Waals surface area contributed by atoms with Crippen LogP contribution in [0.5, 0.6) is 0 Å². The van der Waals surface area contributed by atoms with E-state index in [1.807, 2.05) is 0 Å². The Labute approximate surface area is 178 Å². The first kappa shape index (κ1) is 27.6. The molecule has 0 aliphatic carbocycles. The standard InChI is InChI=1S/C19H38O11/c1-22-10-13-16(26-5)17(27-6)18(28-7)19(30-13)29-9-11(21)14(24-3)15(25-4)12(8-20)23-2/h11-21H,8-10H2,1-7H3/t11-,12+,13-,14-,15-,16-,17+,18-,19-/m1/s1. The van der Waals surface area contributed by atoms with E-state index in [1.54, 1.807) is 21.3 Å². The summed E-state index contributed by atoms with van der Waals surface area (Å²) in [5, 5.41) is 20.2. The summed E-state index contributed by atoms with van der Waals surface area (Å²) in [4.78, 5) is 0. The molecule has 11 heteroatoms. The molecule has 1 rings (SSSR count). The van der Waals surface area contributed by atoms with Crippen LogP contribution in [0.2, 0.25) is 0 Å². The number of aliphatic hydroxyl groups is 2. The molecular weight excluding hydrogens is 404 g/mol. The highest BCUT2D eigenvalue weighted by Crippen LogP contribution is 2.28. The van der Waals surface area contributed by atoms with Crippen molar-refractivity contribution >= 4 is 0 Å². The van der Waals surface area contributed by atoms with E-state index >= 15 is 0 Å². The zero-order valence-corrected chi connectivity index (χ0v) is 18.9. The fraction of sp³-hybridized carbons (Fsp3) is 1.00. The second-order valence-electron chi connectivity index (χ2n) is 6.86. The van der Waals surface area contributed by atoms with Crippen LogP contribution in [0.4, 0.5) is 0 Å². The molecule has 1 aliphatic heterocycles. The summed E-state index contributed by atoms with van der Waals surface area (Å²) in [6.45, 7) is -0.194. The Morgan fingerprint density at radius 2 is 1.40 bits per heavy atom. The molecule has 0 aromatic rings. The lowest BCUT2D eigenvalue weighted by molar-refractivity contribution is -0.318. The number of aliphatic hydroxyl groups excluding tert-OH is 2. The van der Waals surface area contributed by atoms with E-state index in [1.165, 1.54) is 28.4 Å². The van der Waals surface area contributed by atoms with Gasteiger partial charge in [0.1, 0.15) is 48.8 Å². The normalized spacial score (nSPS) is 31.3. The van der Waals surface area contributed by atoms with Gasteiger partial charge in [0.2, 0.25) is 0 Å². The molecule has 0 aromatic carbocycles. The lowest BCUT2D eigenvalue weighted by atomic mass is 9.98. The number of hydrogen-bond acceptors (Lipinski definition) is 11. The van der Waals surface area contributed by atoms with E-state index in [0.29, 0.717) is 0 Å². The second kappa shape index (κ2) is 14.6. The first-order valence-electron chi connectivity index (χ1n) is 9.69. The van der Waals surface area contributed by atoms with Crippen molar-refractivity contribution in [3.63, 3.8) is 0 Å². The Hall–Kier alpha value is -0.440. The van der Waals surface area contributed by atoms with Gasteiger partial charge >= 0.3 is 0 Å². The monoisotopic (exact) mass is 442 g/mol. The van der Waals surface area contributed by atoms with Crippen LogP contribution in [0, 0.1) is 0 Å². The minimum atomic E-state index is -1.10. The Morgan fingerprint density at radius 3 is 1.83 bits per heavy atom. The van der Waals surface area contributed by atoms with Crippen LogP contribution in [0.15, 0.2) is 0 Å². The van der Waals surface area contributed by atoms with Gasteiger partial charge in [0.15, 0.2) is 6.29 Å². The zero-order chi connectivity index (χ0) is 22.7. The average molecular weight is 443 g/mol. The van der Waals surface area contributed by atoms with Crippen molar-refractivity contribution in [3.8, 4) is 0 Å². The third kappa shape index (κ3) is 6.78. The van der Waals surface area contributed by atoms with Crippen LogP contribution in [0.3, 0.4) is 0 Å². The molecule has 0 aromatic heterocycles. The molecular formula is C19H38O11. The summed E-state index contributed by atoms with van der Waals surface area (Å²) >= 11 is 0. The smallest absolute Gasteiger partial charge is 0.187 e. The average Bonchev–Trinajstić information content (AvgIpc) is 2.76. The Bertz CT molecular complexity index is 437. The van der Waals surface area contributed by atoms with Crippen LogP contribution in [0.1, 0.15) is 0 Å². The molecule has 0 unspecified atom stereocenters. The van der Waals surface area contributed by atoms with Gasteiger partial charge in [-0.15, -0.1) is 0 Å². The van der Waals surface area contributed by atoms with E-state index in [9.17, 15) is 10.2 Å². The minimum absolute atomic E-state index is 0.154. The van der Waals surface area contributed by atoms with Crippen LogP contribution >= 0.6 is 0 Å². The number of methoxy groups -OCH3 is 7. The van der Waals surface area contributed by atoms with Gasteiger partial charge in [0.25, 0.3) is 0 Å². The van der Waals surface area contributed by atoms with E-state index in [2.05, 4.69) is 0 Å². The fourth-order valence-electron chi connectivity index (χ4n) is 3.72. The van der Waals surface area contributed by atoms with Gasteiger partial charge in [0, 0.05) is 49.8 Å². The fourth-order valence-corrected chi connectivity index (χ4v) is 3.72. The summed E-state index contributed by atoms with van der Waals surface area (Å²) in [5.41, 5.74) is 0. The largest absolute Gasteiger partial charge is 0.394 e. The molecule has 1 heterocycles. The van der Waals surface area contributed by atoms with Crippen LogP contribution in [-0.2, 0) is 42.6 Å². The first-order chi connectivity index (χ1) is 14.5. The van der Waals surface area contributed by atoms with Crippen LogP contribution < -0.4 is 0 Å². The number of ether oxygens (including phenoxy) is 9. The summed E-state index contributed by atoms with van der Waals surface area (Å²) in [5.74, 6) is 0. The maximum atomic E-state index is 10.7. The molecule has 0 amide bonds. The highest BCUT2D eigenvalue weighted by atomic mass is 16.7. The molecule has 0 saturated carbocycles. The number of hydrogen-bond donors (Lipinski definition) is 2. The molecule has 0 bridgehead atoms. The van der Waals surface area contributed by atoms with Gasteiger partial charge < -0.3 is 52.8 Å². The minimum Gasteiger partial charge on any atom is -0.394 e. The van der Waals surface area contributed by atoms with Gasteiger partial charge in [-0.25, -0.2) is 0 Å². The van der Waals surface area contributed by atoms with Crippen molar-refractivity contribution < 1.29 is 52.8 Å². The zero-order valence-electron chi connectivity index (χ0n) is 18.9. The van der Waals surface area contributed by atoms with E-state index < -0.39 is 55.1 Å². The summed E-state index contributed by atoms with van der Waals surface area (Å²) in [6.07, 6.45) is -6.16. The second-order valence-corrected chi connectivity index (χ2v) is 6.86. The summed E-state index contributed by atoms with van der Waals surface area (Å²) in [7, 11) is 10.5. The molecule has 11 nitrogen and oxygen atoms in total. The SMILES string of the molecule is COC[C@H]1O[C@@H](OC[C@@H](O)[C@@H](OC)[C@H](OC)[C@H](CO)OC)[C@H](OC)[C@@H](OC)[C@@H]1OC. The van der Waals surface area contributed by atoms with E-state index in [0.717, 1.165) is 0 Å². The van der Waals surface area contributed by atoms with Crippen molar-refractivity contribution in [1.82, 2.24) is 0 Å². The van der Waals surface area contributed by atoms with Crippen LogP contribution in [-0.4, -0.2) is 135 Å². The highest BCUT2D eigenvalue weighted by Gasteiger charge is 2.48. The lowest BCUT2D eigenvalue weighted by Gasteiger charge is -2.44. The van der Waals surface area contributed by atoms with Gasteiger partial charge in [-0.2, -0.15) is 0 Å².